The van der Waals surface area contributed by atoms with Crippen molar-refractivity contribution in [3.8, 4) is 0 Å². The topological polar surface area (TPSA) is 23.6 Å². The van der Waals surface area contributed by atoms with Crippen molar-refractivity contribution in [2.75, 3.05) is 33.2 Å². The van der Waals surface area contributed by atoms with Gasteiger partial charge in [0.05, 0.1) is 0 Å². The van der Waals surface area contributed by atoms with Crippen molar-refractivity contribution in [1.29, 1.82) is 0 Å². The van der Waals surface area contributed by atoms with Crippen LogP contribution in [0.2, 0.25) is 0 Å². The number of carbonyl (C=O) groups is 1. The van der Waals surface area contributed by atoms with Gasteiger partial charge in [0.1, 0.15) is 0 Å². The third kappa shape index (κ3) is 2.19. The molecule has 0 N–H and O–H groups in total. The van der Waals surface area contributed by atoms with Gasteiger partial charge in [0, 0.05) is 32.6 Å². The second kappa shape index (κ2) is 3.72. The Morgan fingerprint density at radius 3 is 2.36 bits per heavy atom. The van der Waals surface area contributed by atoms with Crippen molar-refractivity contribution < 1.29 is 4.79 Å². The molecule has 0 spiro atoms. The van der Waals surface area contributed by atoms with Crippen LogP contribution in [0, 0.1) is 6.92 Å². The summed E-state index contributed by atoms with van der Waals surface area (Å²) in [5, 5.41) is 0. The van der Waals surface area contributed by atoms with Gasteiger partial charge in [-0.05, 0) is 14.0 Å². The van der Waals surface area contributed by atoms with Gasteiger partial charge in [-0.15, -0.1) is 0 Å². The molecule has 0 unspecified atom stereocenters. The molecule has 0 bridgehead atoms. The van der Waals surface area contributed by atoms with E-state index in [2.05, 4.69) is 11.9 Å². The molecule has 3 heteroatoms. The number of nitrogens with zero attached hydrogens (tertiary/aromatic N) is 2. The molecule has 1 aliphatic rings. The van der Waals surface area contributed by atoms with E-state index in [9.17, 15) is 4.79 Å². The Kier molecular flexibility index (Phi) is 2.88. The molecule has 11 heavy (non-hydrogen) atoms. The van der Waals surface area contributed by atoms with Crippen LogP contribution in [0.25, 0.3) is 0 Å². The number of amides is 1. The first-order valence-electron chi connectivity index (χ1n) is 3.90. The molecule has 1 amide bonds. The fourth-order valence-electron chi connectivity index (χ4n) is 1.18. The smallest absolute Gasteiger partial charge is 0.222 e. The Balaban J connectivity index is 2.33. The van der Waals surface area contributed by atoms with Gasteiger partial charge in [-0.3, -0.25) is 4.79 Å². The Labute approximate surface area is 68.0 Å². The molecule has 1 fully saturated rings. The predicted octanol–water partition coefficient (Wildman–Crippen LogP) is -0.138. The molecule has 0 atom stereocenters. The summed E-state index contributed by atoms with van der Waals surface area (Å²) in [6.45, 7) is 8.81. The molecule has 0 aromatic heterocycles. The van der Waals surface area contributed by atoms with Crippen molar-refractivity contribution >= 4 is 5.91 Å². The van der Waals surface area contributed by atoms with Gasteiger partial charge in [-0.2, -0.15) is 0 Å². The molecular formula is C8H14N2O. The summed E-state index contributed by atoms with van der Waals surface area (Å²) in [6, 6.07) is 0. The van der Waals surface area contributed by atoms with Gasteiger partial charge in [0.25, 0.3) is 0 Å². The minimum absolute atomic E-state index is 0.0677. The standard InChI is InChI=1S/C8H14N2O/c1-3-8(11)10-6-4-9(2)5-7-10/h1H,3-7H2,2H3. The summed E-state index contributed by atoms with van der Waals surface area (Å²) < 4.78 is 0. The Morgan fingerprint density at radius 1 is 1.36 bits per heavy atom. The van der Waals surface area contributed by atoms with E-state index in [4.69, 9.17) is 6.92 Å². The molecule has 0 aliphatic carbocycles. The van der Waals surface area contributed by atoms with Gasteiger partial charge in [0.15, 0.2) is 0 Å². The highest BCUT2D eigenvalue weighted by Crippen LogP contribution is 2.00. The maximum atomic E-state index is 11.1. The van der Waals surface area contributed by atoms with Gasteiger partial charge in [0.2, 0.25) is 5.91 Å². The summed E-state index contributed by atoms with van der Waals surface area (Å²) in [7, 11) is 2.06. The fourth-order valence-corrected chi connectivity index (χ4v) is 1.18. The Hall–Kier alpha value is -0.570. The lowest BCUT2D eigenvalue weighted by Crippen LogP contribution is -2.46. The average Bonchev–Trinajstić information content (AvgIpc) is 2.05. The van der Waals surface area contributed by atoms with Gasteiger partial charge in [-0.25, -0.2) is 0 Å². The monoisotopic (exact) mass is 154 g/mol. The highest BCUT2D eigenvalue weighted by Gasteiger charge is 2.16. The van der Waals surface area contributed by atoms with Crippen molar-refractivity contribution in [3.05, 3.63) is 6.92 Å². The van der Waals surface area contributed by atoms with Crippen LogP contribution < -0.4 is 0 Å². The molecule has 3 nitrogen and oxygen atoms in total. The number of rotatable bonds is 1. The van der Waals surface area contributed by atoms with E-state index < -0.39 is 0 Å². The summed E-state index contributed by atoms with van der Waals surface area (Å²) >= 11 is 0. The van der Waals surface area contributed by atoms with E-state index in [0.717, 1.165) is 26.2 Å². The SMILES string of the molecule is [CH]CC(=O)N1CCN(C)CC1. The van der Waals surface area contributed by atoms with Crippen molar-refractivity contribution in [2.24, 2.45) is 0 Å². The zero-order valence-corrected chi connectivity index (χ0v) is 6.92. The van der Waals surface area contributed by atoms with Crippen molar-refractivity contribution in [1.82, 2.24) is 9.80 Å². The minimum Gasteiger partial charge on any atom is -0.340 e. The lowest BCUT2D eigenvalue weighted by Gasteiger charge is -2.32. The summed E-state index contributed by atoms with van der Waals surface area (Å²) in [5.74, 6) is 0.0677. The number of piperazine rings is 1. The van der Waals surface area contributed by atoms with Crippen LogP contribution in [0.3, 0.4) is 0 Å². The highest BCUT2D eigenvalue weighted by atomic mass is 16.2. The molecule has 1 heterocycles. The number of likely N-dealkylation sites (N-methyl/N-ethyl adjacent to an activating group) is 1. The minimum atomic E-state index is 0.0677. The van der Waals surface area contributed by atoms with Crippen LogP contribution in [0.5, 0.6) is 0 Å². The molecule has 1 aliphatic heterocycles. The fraction of sp³-hybridized carbons (Fsp3) is 0.750. The van der Waals surface area contributed by atoms with Gasteiger partial charge in [-0.1, -0.05) is 0 Å². The quantitative estimate of drug-likeness (QED) is 0.525. The summed E-state index contributed by atoms with van der Waals surface area (Å²) in [4.78, 5) is 15.1. The van der Waals surface area contributed by atoms with Crippen molar-refractivity contribution in [3.63, 3.8) is 0 Å². The molecule has 0 saturated carbocycles. The molecule has 2 radical (unpaired) electrons. The van der Waals surface area contributed by atoms with E-state index in [1.54, 1.807) is 0 Å². The number of hydrogen-bond donors (Lipinski definition) is 0. The van der Waals surface area contributed by atoms with E-state index in [-0.39, 0.29) is 12.3 Å². The van der Waals surface area contributed by atoms with E-state index >= 15 is 0 Å². The first-order valence-corrected chi connectivity index (χ1v) is 3.90. The number of hydrogen-bond acceptors (Lipinski definition) is 2. The molecular weight excluding hydrogens is 140 g/mol. The Morgan fingerprint density at radius 2 is 1.91 bits per heavy atom. The van der Waals surface area contributed by atoms with Crippen LogP contribution in [0.15, 0.2) is 0 Å². The Bertz CT molecular complexity index is 139. The van der Waals surface area contributed by atoms with Crippen LogP contribution in [0.4, 0.5) is 0 Å². The molecule has 0 aromatic rings. The van der Waals surface area contributed by atoms with Crippen LogP contribution >= 0.6 is 0 Å². The van der Waals surface area contributed by atoms with E-state index in [1.165, 1.54) is 0 Å². The zero-order valence-electron chi connectivity index (χ0n) is 6.92. The maximum absolute atomic E-state index is 11.1. The molecule has 0 aromatic carbocycles. The summed E-state index contributed by atoms with van der Waals surface area (Å²) in [5.41, 5.74) is 0. The lowest BCUT2D eigenvalue weighted by atomic mass is 10.3. The maximum Gasteiger partial charge on any atom is 0.222 e. The van der Waals surface area contributed by atoms with Gasteiger partial charge < -0.3 is 9.80 Å². The second-order valence-electron chi connectivity index (χ2n) is 2.89. The van der Waals surface area contributed by atoms with Gasteiger partial charge >= 0.3 is 0 Å². The first kappa shape index (κ1) is 8.53. The first-order chi connectivity index (χ1) is 5.24. The highest BCUT2D eigenvalue weighted by molar-refractivity contribution is 5.76. The molecule has 1 saturated heterocycles. The second-order valence-corrected chi connectivity index (χ2v) is 2.89. The normalized spacial score (nSPS) is 20.4. The van der Waals surface area contributed by atoms with Crippen LogP contribution in [-0.2, 0) is 4.79 Å². The van der Waals surface area contributed by atoms with Crippen LogP contribution in [0.1, 0.15) is 6.42 Å². The molecule has 62 valence electrons. The zero-order chi connectivity index (χ0) is 8.27. The predicted molar refractivity (Wildman–Crippen MR) is 43.0 cm³/mol. The molecule has 1 rings (SSSR count). The van der Waals surface area contributed by atoms with Crippen LogP contribution in [-0.4, -0.2) is 48.9 Å². The van der Waals surface area contributed by atoms with E-state index in [0.29, 0.717) is 0 Å². The number of carbonyl (C=O) groups excluding carboxylic acids is 1. The summed E-state index contributed by atoms with van der Waals surface area (Å²) in [6.07, 6.45) is 0.143. The average molecular weight is 154 g/mol. The lowest BCUT2D eigenvalue weighted by molar-refractivity contribution is -0.131. The third-order valence-corrected chi connectivity index (χ3v) is 2.03. The van der Waals surface area contributed by atoms with Crippen molar-refractivity contribution in [2.45, 2.75) is 6.42 Å². The third-order valence-electron chi connectivity index (χ3n) is 2.03. The van der Waals surface area contributed by atoms with E-state index in [1.807, 2.05) is 4.90 Å². The largest absolute Gasteiger partial charge is 0.340 e.